The van der Waals surface area contributed by atoms with Gasteiger partial charge in [-0.05, 0) is 284 Å². The second kappa shape index (κ2) is 39.4. The number of para-hydroxylation sites is 1. The zero-order valence-corrected chi connectivity index (χ0v) is 83.4. The first-order valence-electron chi connectivity index (χ1n) is 48.5. The van der Waals surface area contributed by atoms with Crippen molar-refractivity contribution in [3.05, 3.63) is 539 Å². The van der Waals surface area contributed by atoms with Crippen LogP contribution in [0.5, 0.6) is 11.5 Å². The molecule has 0 spiro atoms. The van der Waals surface area contributed by atoms with Gasteiger partial charge < -0.3 is 19.4 Å². The van der Waals surface area contributed by atoms with E-state index in [-0.39, 0.29) is 5.41 Å². The molecule has 24 rings (SSSR count). The van der Waals surface area contributed by atoms with Crippen molar-refractivity contribution in [1.29, 1.82) is 0 Å². The van der Waals surface area contributed by atoms with Crippen molar-refractivity contribution >= 4 is 112 Å². The van der Waals surface area contributed by atoms with E-state index in [0.717, 1.165) is 62.7 Å². The van der Waals surface area contributed by atoms with Crippen molar-refractivity contribution in [3.63, 3.8) is 0 Å². The lowest BCUT2D eigenvalue weighted by Crippen LogP contribution is -2.56. The van der Waals surface area contributed by atoms with Gasteiger partial charge in [0.05, 0.1) is 0 Å². The van der Waals surface area contributed by atoms with E-state index in [9.17, 15) is 0 Å². The third-order valence-electron chi connectivity index (χ3n) is 28.1. The molecule has 0 unspecified atom stereocenters. The van der Waals surface area contributed by atoms with E-state index in [0.29, 0.717) is 0 Å². The summed E-state index contributed by atoms with van der Waals surface area (Å²) in [6.07, 6.45) is 0. The molecule has 3 aliphatic rings. The summed E-state index contributed by atoms with van der Waals surface area (Å²) >= 11 is 3.80. The maximum absolute atomic E-state index is 6.35. The SMILES string of the molecule is CC1(C)c2ccccc2Sc2ccc(-c3ccc(N(c4ccc(-c5ccccc5)cc4)c4ccc(-c5ccccc5)cc4)cc3)cc21.C[Si]1(C)c2ccccc2Oc2ccc(-c3ccc(N(c4ccc(-c5ccccc5)cc4)c4ccc(-c5ccccc5)cc4)cc3)cc21.C[Si]1(C)c2ccccc2Sc2ccc(-c3ccc(N(c4ccc(-c5ccccc5)cc4)c4ccc(-c5ccccc5)cc4)cc3)cc21. The monoisotopic (exact) mass is 1880 g/mol. The minimum Gasteiger partial charge on any atom is -0.458 e. The number of nitrogens with zero attached hydrogens (tertiary/aromatic N) is 3. The summed E-state index contributed by atoms with van der Waals surface area (Å²) in [7, 11) is -3.71. The molecule has 8 heteroatoms. The van der Waals surface area contributed by atoms with Gasteiger partial charge in [0.15, 0.2) is 0 Å². The number of ether oxygens (including phenoxy) is 1. The van der Waals surface area contributed by atoms with E-state index >= 15 is 0 Å². The van der Waals surface area contributed by atoms with Crippen molar-refractivity contribution in [2.45, 2.75) is 65.0 Å². The zero-order chi connectivity index (χ0) is 95.4. The largest absolute Gasteiger partial charge is 0.458 e. The first kappa shape index (κ1) is 90.1. The predicted octanol–water partition coefficient (Wildman–Crippen LogP) is 35.5. The summed E-state index contributed by atoms with van der Waals surface area (Å²) < 4.78 is 6.35. The van der Waals surface area contributed by atoms with Crippen molar-refractivity contribution < 1.29 is 4.74 Å². The summed E-state index contributed by atoms with van der Waals surface area (Å²) in [6.45, 7) is 14.5. The molecule has 0 radical (unpaired) electrons. The number of benzene rings is 21. The second-order valence-corrected chi connectivity index (χ2v) is 48.7. The topological polar surface area (TPSA) is 19.0 Å². The van der Waals surface area contributed by atoms with Crippen LogP contribution < -0.4 is 40.2 Å². The molecule has 4 nitrogen and oxygen atoms in total. The molecule has 0 saturated heterocycles. The van der Waals surface area contributed by atoms with Crippen LogP contribution in [0, 0.1) is 0 Å². The minimum absolute atomic E-state index is 0.0538. The minimum atomic E-state index is -1.90. The highest BCUT2D eigenvalue weighted by atomic mass is 32.2. The Morgan fingerprint density at radius 1 is 0.170 bits per heavy atom. The van der Waals surface area contributed by atoms with E-state index in [2.05, 4.69) is 583 Å². The molecule has 21 aromatic rings. The molecule has 0 amide bonds. The summed E-state index contributed by atoms with van der Waals surface area (Å²) in [4.78, 5) is 12.6. The second-order valence-electron chi connectivity index (χ2n) is 37.9. The van der Waals surface area contributed by atoms with Gasteiger partial charge in [0.25, 0.3) is 0 Å². The Morgan fingerprint density at radius 2 is 0.383 bits per heavy atom. The molecule has 0 atom stereocenters. The first-order chi connectivity index (χ1) is 69.1. The van der Waals surface area contributed by atoms with Gasteiger partial charge in [-0.3, -0.25) is 0 Å². The van der Waals surface area contributed by atoms with E-state index in [1.807, 2.05) is 23.5 Å². The quantitative estimate of drug-likeness (QED) is 0.0792. The molecule has 0 fully saturated rings. The third-order valence-corrected chi connectivity index (χ3v) is 37.8. The molecule has 3 aliphatic heterocycles. The summed E-state index contributed by atoms with van der Waals surface area (Å²) in [5, 5.41) is 5.77. The van der Waals surface area contributed by atoms with Crippen molar-refractivity contribution in [2.75, 3.05) is 14.7 Å². The molecular formula is C133H105N3OS2Si2. The van der Waals surface area contributed by atoms with Crippen LogP contribution in [-0.4, -0.2) is 16.1 Å². The van der Waals surface area contributed by atoms with Crippen LogP contribution in [0.25, 0.3) is 100 Å². The number of fused-ring (bicyclic) bond motifs is 6. The fourth-order valence-corrected chi connectivity index (χ4v) is 29.8. The Bertz CT molecular complexity index is 6970. The van der Waals surface area contributed by atoms with Crippen LogP contribution in [0.1, 0.15) is 25.0 Å². The lowest BCUT2D eigenvalue weighted by molar-refractivity contribution is 0.487. The molecular weight excluding hydrogens is 1780 g/mol. The molecule has 0 N–H and O–H groups in total. The molecule has 21 aromatic carbocycles. The van der Waals surface area contributed by atoms with Crippen molar-refractivity contribution in [3.8, 4) is 112 Å². The van der Waals surface area contributed by atoms with Crippen LogP contribution in [0.3, 0.4) is 0 Å². The first-order valence-corrected chi connectivity index (χ1v) is 56.2. The van der Waals surface area contributed by atoms with E-state index < -0.39 is 16.1 Å². The average Bonchev–Trinajstić information content (AvgIpc) is 0.748. The summed E-state index contributed by atoms with van der Waals surface area (Å²) in [6, 6.07) is 191. The van der Waals surface area contributed by atoms with Gasteiger partial charge in [-0.1, -0.05) is 440 Å². The van der Waals surface area contributed by atoms with Crippen LogP contribution in [0.15, 0.2) is 547 Å². The number of rotatable bonds is 18. The fraction of sp³-hybridized carbons (Fsp3) is 0.0526. The molecule has 3 heterocycles. The number of hydrogen-bond acceptors (Lipinski definition) is 6. The van der Waals surface area contributed by atoms with E-state index in [4.69, 9.17) is 4.74 Å². The van der Waals surface area contributed by atoms with Gasteiger partial charge in [0, 0.05) is 76.2 Å². The van der Waals surface area contributed by atoms with Gasteiger partial charge in [-0.25, -0.2) is 0 Å². The molecule has 678 valence electrons. The lowest BCUT2D eigenvalue weighted by atomic mass is 9.77. The Labute approximate surface area is 840 Å². The molecule has 0 aliphatic carbocycles. The summed E-state index contributed by atoms with van der Waals surface area (Å²) in [5.74, 6) is 1.99. The molecule has 141 heavy (non-hydrogen) atoms. The van der Waals surface area contributed by atoms with E-state index in [1.54, 1.807) is 0 Å². The average molecular weight is 1880 g/mol. The Balaban J connectivity index is 0.000000121. The highest BCUT2D eigenvalue weighted by Crippen LogP contribution is 2.51. The van der Waals surface area contributed by atoms with Crippen LogP contribution in [-0.2, 0) is 5.41 Å². The molecule has 0 saturated carbocycles. The van der Waals surface area contributed by atoms with Crippen LogP contribution in [0.4, 0.5) is 51.2 Å². The fourth-order valence-electron chi connectivity index (χ4n) is 20.2. The maximum atomic E-state index is 6.35. The predicted molar refractivity (Wildman–Crippen MR) is 606 cm³/mol. The summed E-state index contributed by atoms with van der Waals surface area (Å²) in [5.41, 5.74) is 34.8. The van der Waals surface area contributed by atoms with Gasteiger partial charge in [0.1, 0.15) is 27.6 Å². The third kappa shape index (κ3) is 18.7. The Kier molecular flexibility index (Phi) is 25.2. The Hall–Kier alpha value is -16.0. The van der Waals surface area contributed by atoms with E-state index in [1.165, 1.54) is 152 Å². The zero-order valence-electron chi connectivity index (χ0n) is 79.8. The van der Waals surface area contributed by atoms with Crippen LogP contribution in [0.2, 0.25) is 26.2 Å². The highest BCUT2D eigenvalue weighted by molar-refractivity contribution is 8.00. The lowest BCUT2D eigenvalue weighted by Gasteiger charge is -2.35. The van der Waals surface area contributed by atoms with Gasteiger partial charge >= 0.3 is 0 Å². The van der Waals surface area contributed by atoms with Gasteiger partial charge in [0.2, 0.25) is 0 Å². The standard InChI is InChI=1S/C45H35NS.C44H35NOSi.C44H35NSSi/c1-45(2)41-15-9-10-16-43(41)47-44-30-23-37(31-42(44)45)36-21-28-40(29-22-36)46(38-24-17-34(18-25-38)32-11-5-3-6-12-32)39-26-19-35(20-27-39)33-13-7-4-8-14-33;2*1-47(2)43-16-10-9-15-41(43)46-42-30-23-37(31-44(42)47)36-21-28-40(29-22-36)45(38-24-17-34(18-25-38)32-11-5-3-6-12-32)39-26-19-35(20-27-39)33-13-7-4-8-14-33/h3*3-31H,1-2H3. The normalized spacial score (nSPS) is 12.9. The smallest absolute Gasteiger partial charge is 0.127 e. The highest BCUT2D eigenvalue weighted by Gasteiger charge is 2.39. The van der Waals surface area contributed by atoms with Gasteiger partial charge in [-0.15, -0.1) is 0 Å². The van der Waals surface area contributed by atoms with Crippen LogP contribution >= 0.6 is 23.5 Å². The molecule has 0 bridgehead atoms. The number of hydrogen-bond donors (Lipinski definition) is 0. The van der Waals surface area contributed by atoms with Crippen molar-refractivity contribution in [1.82, 2.24) is 0 Å². The number of anilines is 9. The maximum Gasteiger partial charge on any atom is 0.127 e. The van der Waals surface area contributed by atoms with Crippen molar-refractivity contribution in [2.24, 2.45) is 0 Å². The van der Waals surface area contributed by atoms with Gasteiger partial charge in [-0.2, -0.15) is 0 Å². The molecule has 0 aromatic heterocycles. The Morgan fingerprint density at radius 3 is 0.723 bits per heavy atom.